The molecule has 1 aliphatic heterocycles. The second kappa shape index (κ2) is 8.57. The minimum absolute atomic E-state index is 0.0865. The number of benzene rings is 2. The van der Waals surface area contributed by atoms with Gasteiger partial charge in [0.05, 0.1) is 18.2 Å². The summed E-state index contributed by atoms with van der Waals surface area (Å²) in [7, 11) is 0. The summed E-state index contributed by atoms with van der Waals surface area (Å²) in [5, 5.41) is 6.15. The molecule has 1 fully saturated rings. The summed E-state index contributed by atoms with van der Waals surface area (Å²) >= 11 is 6.27. The number of rotatable bonds is 5. The van der Waals surface area contributed by atoms with Crippen LogP contribution in [0, 0.1) is 0 Å². The Bertz CT molecular complexity index is 952. The molecule has 0 radical (unpaired) electrons. The number of hydrogen-bond acceptors (Lipinski definition) is 4. The van der Waals surface area contributed by atoms with Crippen molar-refractivity contribution in [1.82, 2.24) is 5.32 Å². The summed E-state index contributed by atoms with van der Waals surface area (Å²) in [5.74, 6) is 0.742. The quantitative estimate of drug-likeness (QED) is 0.726. The van der Waals surface area contributed by atoms with Crippen LogP contribution >= 0.6 is 11.6 Å². The smallest absolute Gasteiger partial charge is 0.251 e. The third kappa shape index (κ3) is 5.09. The molecule has 2 aromatic rings. The molecule has 6 nitrogen and oxygen atoms in total. The van der Waals surface area contributed by atoms with Gasteiger partial charge in [-0.25, -0.2) is 0 Å². The topological polar surface area (TPSA) is 76.7 Å². The lowest BCUT2D eigenvalue weighted by Crippen LogP contribution is -2.25. The van der Waals surface area contributed by atoms with Crippen LogP contribution in [0.5, 0.6) is 11.5 Å². The number of carbonyl (C=O) groups is 2. The van der Waals surface area contributed by atoms with Gasteiger partial charge in [-0.05, 0) is 60.9 Å². The molecule has 1 aliphatic carbocycles. The van der Waals surface area contributed by atoms with Crippen LogP contribution in [-0.4, -0.2) is 31.1 Å². The van der Waals surface area contributed by atoms with E-state index in [1.165, 1.54) is 6.08 Å². The molecule has 0 aromatic heterocycles. The first-order valence-electron chi connectivity index (χ1n) is 9.57. The molecule has 2 N–H and O–H groups in total. The molecule has 0 spiro atoms. The van der Waals surface area contributed by atoms with Crippen molar-refractivity contribution in [1.29, 1.82) is 0 Å². The lowest BCUT2D eigenvalue weighted by Gasteiger charge is -2.10. The average Bonchev–Trinajstić information content (AvgIpc) is 3.54. The van der Waals surface area contributed by atoms with Crippen molar-refractivity contribution in [3.8, 4) is 11.5 Å². The zero-order valence-corrected chi connectivity index (χ0v) is 16.5. The molecule has 1 saturated carbocycles. The molecular formula is C22H21ClN2O4. The Morgan fingerprint density at radius 1 is 1.07 bits per heavy atom. The van der Waals surface area contributed by atoms with E-state index in [0.29, 0.717) is 47.0 Å². The number of fused-ring (bicyclic) bond motifs is 1. The van der Waals surface area contributed by atoms with Crippen molar-refractivity contribution in [2.45, 2.75) is 25.3 Å². The van der Waals surface area contributed by atoms with Gasteiger partial charge < -0.3 is 20.1 Å². The highest BCUT2D eigenvalue weighted by molar-refractivity contribution is 6.32. The van der Waals surface area contributed by atoms with Crippen molar-refractivity contribution >= 4 is 35.2 Å². The van der Waals surface area contributed by atoms with Gasteiger partial charge in [-0.2, -0.15) is 0 Å². The summed E-state index contributed by atoms with van der Waals surface area (Å²) in [4.78, 5) is 24.2. The molecule has 7 heteroatoms. The normalized spacial score (nSPS) is 15.6. The molecule has 2 aromatic carbocycles. The monoisotopic (exact) mass is 412 g/mol. The minimum Gasteiger partial charge on any atom is -0.489 e. The maximum absolute atomic E-state index is 12.2. The van der Waals surface area contributed by atoms with Gasteiger partial charge in [-0.1, -0.05) is 11.6 Å². The molecular weight excluding hydrogens is 392 g/mol. The highest BCUT2D eigenvalue weighted by atomic mass is 35.5. The molecule has 2 aliphatic rings. The maximum Gasteiger partial charge on any atom is 0.251 e. The lowest BCUT2D eigenvalue weighted by molar-refractivity contribution is -0.111. The molecule has 0 atom stereocenters. The maximum atomic E-state index is 12.2. The van der Waals surface area contributed by atoms with Crippen LogP contribution in [0.15, 0.2) is 42.5 Å². The fraction of sp³-hybridized carbons (Fsp3) is 0.273. The van der Waals surface area contributed by atoms with E-state index in [2.05, 4.69) is 10.6 Å². The Balaban J connectivity index is 1.38. The SMILES string of the molecule is O=C(/C=C/c1cc(Cl)c2c(c1)OCCCO2)Nc1ccc(C(=O)NC2CC2)cc1. The number of carbonyl (C=O) groups excluding carboxylic acids is 2. The van der Waals surface area contributed by atoms with Crippen LogP contribution in [0.3, 0.4) is 0 Å². The van der Waals surface area contributed by atoms with Crippen LogP contribution in [0.4, 0.5) is 5.69 Å². The predicted molar refractivity (Wildman–Crippen MR) is 112 cm³/mol. The third-order valence-electron chi connectivity index (χ3n) is 4.58. The van der Waals surface area contributed by atoms with Gasteiger partial charge in [0.2, 0.25) is 5.91 Å². The van der Waals surface area contributed by atoms with E-state index in [1.54, 1.807) is 42.5 Å². The zero-order valence-electron chi connectivity index (χ0n) is 15.7. The number of anilines is 1. The Kier molecular flexibility index (Phi) is 5.71. The van der Waals surface area contributed by atoms with E-state index < -0.39 is 0 Å². The molecule has 1 heterocycles. The number of hydrogen-bond donors (Lipinski definition) is 2. The van der Waals surface area contributed by atoms with Crippen molar-refractivity contribution in [2.75, 3.05) is 18.5 Å². The summed E-state index contributed by atoms with van der Waals surface area (Å²) in [6.45, 7) is 1.12. The molecule has 29 heavy (non-hydrogen) atoms. The Morgan fingerprint density at radius 2 is 1.83 bits per heavy atom. The summed E-state index contributed by atoms with van der Waals surface area (Å²) in [6.07, 6.45) is 5.96. The van der Waals surface area contributed by atoms with E-state index in [4.69, 9.17) is 21.1 Å². The molecule has 2 amide bonds. The van der Waals surface area contributed by atoms with Crippen molar-refractivity contribution in [3.63, 3.8) is 0 Å². The minimum atomic E-state index is -0.289. The second-order valence-corrected chi connectivity index (χ2v) is 7.44. The lowest BCUT2D eigenvalue weighted by atomic mass is 10.1. The number of halogens is 1. The van der Waals surface area contributed by atoms with Gasteiger partial charge in [0, 0.05) is 29.8 Å². The van der Waals surface area contributed by atoms with Gasteiger partial charge in [-0.15, -0.1) is 0 Å². The first-order chi connectivity index (χ1) is 14.1. The number of ether oxygens (including phenoxy) is 2. The van der Waals surface area contributed by atoms with E-state index in [1.807, 2.05) is 0 Å². The fourth-order valence-electron chi connectivity index (χ4n) is 2.90. The zero-order chi connectivity index (χ0) is 20.2. The van der Waals surface area contributed by atoms with E-state index in [0.717, 1.165) is 24.8 Å². The van der Waals surface area contributed by atoms with E-state index >= 15 is 0 Å². The van der Waals surface area contributed by atoms with Gasteiger partial charge in [0.15, 0.2) is 11.5 Å². The van der Waals surface area contributed by atoms with Gasteiger partial charge in [-0.3, -0.25) is 9.59 Å². The van der Waals surface area contributed by atoms with Crippen LogP contribution in [0.25, 0.3) is 6.08 Å². The Labute approximate surface area is 173 Å². The standard InChI is InChI=1S/C22H21ClN2O4/c23-18-12-14(13-19-21(18)29-11-1-10-28-19)2-9-20(26)24-16-5-3-15(4-6-16)22(27)25-17-7-8-17/h2-6,9,12-13,17H,1,7-8,10-11H2,(H,24,26)(H,25,27)/b9-2+. The van der Waals surface area contributed by atoms with Crippen LogP contribution in [0.1, 0.15) is 35.2 Å². The second-order valence-electron chi connectivity index (χ2n) is 7.03. The summed E-state index contributed by atoms with van der Waals surface area (Å²) in [5.41, 5.74) is 1.92. The van der Waals surface area contributed by atoms with Gasteiger partial charge >= 0.3 is 0 Å². The Morgan fingerprint density at radius 3 is 2.59 bits per heavy atom. The first kappa shape index (κ1) is 19.3. The average molecular weight is 413 g/mol. The van der Waals surface area contributed by atoms with Crippen LogP contribution in [0.2, 0.25) is 5.02 Å². The number of nitrogens with one attached hydrogen (secondary N) is 2. The number of amides is 2. The third-order valence-corrected chi connectivity index (χ3v) is 4.86. The highest BCUT2D eigenvalue weighted by Crippen LogP contribution is 2.38. The molecule has 0 unspecified atom stereocenters. The Hall–Kier alpha value is -2.99. The van der Waals surface area contributed by atoms with Crippen molar-refractivity contribution < 1.29 is 19.1 Å². The van der Waals surface area contributed by atoms with Crippen LogP contribution in [-0.2, 0) is 4.79 Å². The molecule has 4 rings (SSSR count). The van der Waals surface area contributed by atoms with E-state index in [9.17, 15) is 9.59 Å². The van der Waals surface area contributed by atoms with E-state index in [-0.39, 0.29) is 11.8 Å². The fourth-order valence-corrected chi connectivity index (χ4v) is 3.18. The predicted octanol–water partition coefficient (Wildman–Crippen LogP) is 4.05. The summed E-state index contributed by atoms with van der Waals surface area (Å²) < 4.78 is 11.3. The van der Waals surface area contributed by atoms with Crippen molar-refractivity contribution in [2.24, 2.45) is 0 Å². The van der Waals surface area contributed by atoms with Crippen molar-refractivity contribution in [3.05, 3.63) is 58.6 Å². The molecule has 0 saturated heterocycles. The van der Waals surface area contributed by atoms with Gasteiger partial charge in [0.1, 0.15) is 0 Å². The largest absolute Gasteiger partial charge is 0.489 e. The van der Waals surface area contributed by atoms with Crippen LogP contribution < -0.4 is 20.1 Å². The molecule has 150 valence electrons. The molecule has 0 bridgehead atoms. The summed E-state index contributed by atoms with van der Waals surface area (Å²) in [6, 6.07) is 10.6. The first-order valence-corrected chi connectivity index (χ1v) is 9.95. The highest BCUT2D eigenvalue weighted by Gasteiger charge is 2.23. The van der Waals surface area contributed by atoms with Gasteiger partial charge in [0.25, 0.3) is 5.91 Å².